The third-order valence-electron chi connectivity index (χ3n) is 3.05. The summed E-state index contributed by atoms with van der Waals surface area (Å²) in [6.07, 6.45) is 1.62. The van der Waals surface area contributed by atoms with Gasteiger partial charge >= 0.3 is 5.97 Å². The molecule has 0 spiro atoms. The molecule has 0 radical (unpaired) electrons. The Hall–Kier alpha value is -1.40. The lowest BCUT2D eigenvalue weighted by Gasteiger charge is -2.16. The topological polar surface area (TPSA) is 74.7 Å². The number of carboxylic acid groups (broad SMARTS) is 1. The molecule has 0 fully saturated rings. The predicted octanol–water partition coefficient (Wildman–Crippen LogP) is 1.75. The van der Waals surface area contributed by atoms with Crippen molar-refractivity contribution in [1.29, 1.82) is 0 Å². The van der Waals surface area contributed by atoms with Gasteiger partial charge in [-0.3, -0.25) is 4.79 Å². The molecule has 1 aromatic rings. The standard InChI is InChI=1S/C14H21NO4S/c1-15(20(18,19)12-6-10-14(16)17)11-5-9-13-7-3-2-4-8-13/h2-4,7-8H,5-6,9-12H2,1H3,(H,16,17). The first-order valence-electron chi connectivity index (χ1n) is 6.61. The Morgan fingerprint density at radius 3 is 2.45 bits per heavy atom. The van der Waals surface area contributed by atoms with Crippen molar-refractivity contribution in [3.05, 3.63) is 35.9 Å². The Bertz CT molecular complexity index is 513. The first-order chi connectivity index (χ1) is 9.42. The summed E-state index contributed by atoms with van der Waals surface area (Å²) in [5.41, 5.74) is 1.18. The van der Waals surface area contributed by atoms with Gasteiger partial charge in [0.15, 0.2) is 0 Å². The van der Waals surface area contributed by atoms with Gasteiger partial charge in [-0.25, -0.2) is 12.7 Å². The third kappa shape index (κ3) is 6.16. The number of sulfonamides is 1. The normalized spacial score (nSPS) is 11.7. The summed E-state index contributed by atoms with van der Waals surface area (Å²) in [5.74, 6) is -1.08. The molecule has 1 rings (SSSR count). The van der Waals surface area contributed by atoms with E-state index in [0.717, 1.165) is 12.8 Å². The highest BCUT2D eigenvalue weighted by atomic mass is 32.2. The number of aliphatic carboxylic acids is 1. The van der Waals surface area contributed by atoms with Crippen LogP contribution >= 0.6 is 0 Å². The van der Waals surface area contributed by atoms with Crippen LogP contribution in [-0.4, -0.2) is 43.1 Å². The van der Waals surface area contributed by atoms with Gasteiger partial charge in [0.1, 0.15) is 0 Å². The van der Waals surface area contributed by atoms with Crippen molar-refractivity contribution in [2.75, 3.05) is 19.3 Å². The average Bonchev–Trinajstić information content (AvgIpc) is 2.39. The molecule has 0 aliphatic rings. The Morgan fingerprint density at radius 2 is 1.85 bits per heavy atom. The van der Waals surface area contributed by atoms with Crippen molar-refractivity contribution in [2.24, 2.45) is 0 Å². The molecule has 1 N–H and O–H groups in total. The fourth-order valence-corrected chi connectivity index (χ4v) is 3.08. The smallest absolute Gasteiger partial charge is 0.303 e. The molecule has 0 saturated heterocycles. The van der Waals surface area contributed by atoms with Crippen molar-refractivity contribution in [1.82, 2.24) is 4.31 Å². The number of carboxylic acids is 1. The minimum atomic E-state index is -3.34. The lowest BCUT2D eigenvalue weighted by Crippen LogP contribution is -2.30. The number of hydrogen-bond donors (Lipinski definition) is 1. The summed E-state index contributed by atoms with van der Waals surface area (Å²) in [6, 6.07) is 9.90. The molecule has 112 valence electrons. The van der Waals surface area contributed by atoms with Crippen LogP contribution in [0.25, 0.3) is 0 Å². The molecule has 0 amide bonds. The van der Waals surface area contributed by atoms with Crippen LogP contribution in [0, 0.1) is 0 Å². The minimum Gasteiger partial charge on any atom is -0.481 e. The fraction of sp³-hybridized carbons (Fsp3) is 0.500. The summed E-state index contributed by atoms with van der Waals surface area (Å²) >= 11 is 0. The second-order valence-corrected chi connectivity index (χ2v) is 6.92. The van der Waals surface area contributed by atoms with Crippen LogP contribution in [-0.2, 0) is 21.2 Å². The van der Waals surface area contributed by atoms with Crippen molar-refractivity contribution >= 4 is 16.0 Å². The van der Waals surface area contributed by atoms with E-state index in [2.05, 4.69) is 0 Å². The van der Waals surface area contributed by atoms with Crippen LogP contribution in [0.4, 0.5) is 0 Å². The molecule has 6 heteroatoms. The first kappa shape index (κ1) is 16.7. The molecule has 0 heterocycles. The van der Waals surface area contributed by atoms with Crippen molar-refractivity contribution in [2.45, 2.75) is 25.7 Å². The highest BCUT2D eigenvalue weighted by Gasteiger charge is 2.17. The van der Waals surface area contributed by atoms with Gasteiger partial charge in [-0.15, -0.1) is 0 Å². The molecule has 0 aliphatic carbocycles. The SMILES string of the molecule is CN(CCCc1ccccc1)S(=O)(=O)CCCC(=O)O. The second-order valence-electron chi connectivity index (χ2n) is 4.72. The maximum Gasteiger partial charge on any atom is 0.303 e. The van der Waals surface area contributed by atoms with Gasteiger partial charge in [-0.2, -0.15) is 0 Å². The highest BCUT2D eigenvalue weighted by molar-refractivity contribution is 7.89. The number of nitrogens with zero attached hydrogens (tertiary/aromatic N) is 1. The maximum absolute atomic E-state index is 11.9. The van der Waals surface area contributed by atoms with E-state index in [0.29, 0.717) is 6.54 Å². The summed E-state index contributed by atoms with van der Waals surface area (Å²) in [5, 5.41) is 8.51. The molecule has 5 nitrogen and oxygen atoms in total. The largest absolute Gasteiger partial charge is 0.481 e. The number of hydrogen-bond acceptors (Lipinski definition) is 3. The molecule has 0 atom stereocenters. The first-order valence-corrected chi connectivity index (χ1v) is 8.22. The molecule has 0 aliphatic heterocycles. The van der Waals surface area contributed by atoms with E-state index in [4.69, 9.17) is 5.11 Å². The van der Waals surface area contributed by atoms with Crippen LogP contribution in [0.5, 0.6) is 0 Å². The Labute approximate surface area is 120 Å². The van der Waals surface area contributed by atoms with Crippen molar-refractivity contribution < 1.29 is 18.3 Å². The van der Waals surface area contributed by atoms with Crippen molar-refractivity contribution in [3.8, 4) is 0 Å². The molecular weight excluding hydrogens is 278 g/mol. The van der Waals surface area contributed by atoms with E-state index in [1.54, 1.807) is 7.05 Å². The summed E-state index contributed by atoms with van der Waals surface area (Å²) in [6.45, 7) is 0.449. The molecule has 0 unspecified atom stereocenters. The van der Waals surface area contributed by atoms with Gasteiger partial charge < -0.3 is 5.11 Å². The van der Waals surface area contributed by atoms with Crippen LogP contribution in [0.3, 0.4) is 0 Å². The minimum absolute atomic E-state index is 0.110. The molecular formula is C14H21NO4S. The lowest BCUT2D eigenvalue weighted by molar-refractivity contribution is -0.137. The quantitative estimate of drug-likeness (QED) is 0.754. The second kappa shape index (κ2) is 8.01. The zero-order chi connectivity index (χ0) is 15.0. The summed E-state index contributed by atoms with van der Waals surface area (Å²) in [4.78, 5) is 10.4. The molecule has 0 aromatic heterocycles. The van der Waals surface area contributed by atoms with Gasteiger partial charge in [-0.1, -0.05) is 30.3 Å². The number of rotatable bonds is 9. The Morgan fingerprint density at radius 1 is 1.20 bits per heavy atom. The van der Waals surface area contributed by atoms with Gasteiger partial charge in [0.05, 0.1) is 5.75 Å². The Balaban J connectivity index is 2.33. The van der Waals surface area contributed by atoms with Gasteiger partial charge in [0, 0.05) is 20.0 Å². The molecule has 0 saturated carbocycles. The van der Waals surface area contributed by atoms with E-state index in [1.165, 1.54) is 9.87 Å². The fourth-order valence-electron chi connectivity index (χ4n) is 1.85. The zero-order valence-corrected chi connectivity index (χ0v) is 12.5. The maximum atomic E-state index is 11.9. The number of aryl methyl sites for hydroxylation is 1. The van der Waals surface area contributed by atoms with Crippen LogP contribution in [0.1, 0.15) is 24.8 Å². The number of carbonyl (C=O) groups is 1. The highest BCUT2D eigenvalue weighted by Crippen LogP contribution is 2.07. The van der Waals surface area contributed by atoms with Gasteiger partial charge in [0.2, 0.25) is 10.0 Å². The van der Waals surface area contributed by atoms with E-state index in [1.807, 2.05) is 30.3 Å². The monoisotopic (exact) mass is 299 g/mol. The number of benzene rings is 1. The van der Waals surface area contributed by atoms with Gasteiger partial charge in [-0.05, 0) is 24.8 Å². The van der Waals surface area contributed by atoms with Crippen LogP contribution in [0.15, 0.2) is 30.3 Å². The molecule has 20 heavy (non-hydrogen) atoms. The van der Waals surface area contributed by atoms with Crippen molar-refractivity contribution in [3.63, 3.8) is 0 Å². The van der Waals surface area contributed by atoms with E-state index < -0.39 is 16.0 Å². The summed E-state index contributed by atoms with van der Waals surface area (Å²) < 4.78 is 25.1. The predicted molar refractivity (Wildman–Crippen MR) is 78.0 cm³/mol. The van der Waals surface area contributed by atoms with Crippen LogP contribution in [0.2, 0.25) is 0 Å². The van der Waals surface area contributed by atoms with E-state index in [-0.39, 0.29) is 18.6 Å². The molecule has 0 bridgehead atoms. The van der Waals surface area contributed by atoms with Gasteiger partial charge in [0.25, 0.3) is 0 Å². The Kier molecular flexibility index (Phi) is 6.67. The molecule has 1 aromatic carbocycles. The van der Waals surface area contributed by atoms with Crippen LogP contribution < -0.4 is 0 Å². The van der Waals surface area contributed by atoms with E-state index >= 15 is 0 Å². The summed E-state index contributed by atoms with van der Waals surface area (Å²) in [7, 11) is -1.80. The zero-order valence-electron chi connectivity index (χ0n) is 11.7. The van der Waals surface area contributed by atoms with E-state index in [9.17, 15) is 13.2 Å². The average molecular weight is 299 g/mol. The third-order valence-corrected chi connectivity index (χ3v) is 4.99. The lowest BCUT2D eigenvalue weighted by atomic mass is 10.1.